The Bertz CT molecular complexity index is 868. The van der Waals surface area contributed by atoms with Crippen LogP contribution in [0.25, 0.3) is 0 Å². The molecule has 0 bridgehead atoms. The van der Waals surface area contributed by atoms with Crippen LogP contribution in [0.4, 0.5) is 11.4 Å². The van der Waals surface area contributed by atoms with Gasteiger partial charge in [0.1, 0.15) is 5.75 Å². The first-order valence-corrected chi connectivity index (χ1v) is 9.85. The van der Waals surface area contributed by atoms with E-state index >= 15 is 0 Å². The minimum Gasteiger partial charge on any atom is -0.495 e. The van der Waals surface area contributed by atoms with Gasteiger partial charge in [0.2, 0.25) is 0 Å². The van der Waals surface area contributed by atoms with Crippen molar-refractivity contribution in [2.24, 2.45) is 0 Å². The molecule has 30 heavy (non-hydrogen) atoms. The highest BCUT2D eigenvalue weighted by Gasteiger charge is 2.18. The molecule has 160 valence electrons. The Labute approximate surface area is 176 Å². The third kappa shape index (κ3) is 6.89. The standard InChI is InChI=1S/C22H28N4O4/c1-4-13-26(15-21(28)25-18-7-5-6-8-19(18)30-3)14-20(27)24-17-11-9-16(10-12-17)22(29)23-2/h5-12H,4,13-15H2,1-3H3,(H,23,29)(H,24,27)(H,25,28)/p+1. The first-order chi connectivity index (χ1) is 14.5. The van der Waals surface area contributed by atoms with E-state index in [0.29, 0.717) is 29.2 Å². The van der Waals surface area contributed by atoms with Gasteiger partial charge in [0.05, 0.1) is 19.3 Å². The van der Waals surface area contributed by atoms with Crippen LogP contribution >= 0.6 is 0 Å². The van der Waals surface area contributed by atoms with Gasteiger partial charge in [-0.25, -0.2) is 0 Å². The summed E-state index contributed by atoms with van der Waals surface area (Å²) in [5.41, 5.74) is 1.71. The molecule has 0 fully saturated rings. The Kier molecular flexibility index (Phi) is 8.83. The molecule has 3 amide bonds. The molecule has 1 atom stereocenters. The van der Waals surface area contributed by atoms with Gasteiger partial charge in [-0.15, -0.1) is 0 Å². The zero-order chi connectivity index (χ0) is 21.9. The van der Waals surface area contributed by atoms with E-state index in [1.165, 1.54) is 0 Å². The Morgan fingerprint density at radius 1 is 0.933 bits per heavy atom. The van der Waals surface area contributed by atoms with Gasteiger partial charge >= 0.3 is 0 Å². The molecule has 0 aliphatic rings. The van der Waals surface area contributed by atoms with Crippen LogP contribution in [0.15, 0.2) is 48.5 Å². The molecule has 1 unspecified atom stereocenters. The van der Waals surface area contributed by atoms with Crippen molar-refractivity contribution in [2.45, 2.75) is 13.3 Å². The highest BCUT2D eigenvalue weighted by atomic mass is 16.5. The SMILES string of the molecule is CCC[NH+](CC(=O)Nc1ccc(C(=O)NC)cc1)CC(=O)Nc1ccccc1OC. The second kappa shape index (κ2) is 11.6. The van der Waals surface area contributed by atoms with Crippen LogP contribution < -0.4 is 25.6 Å². The highest BCUT2D eigenvalue weighted by Crippen LogP contribution is 2.22. The van der Waals surface area contributed by atoms with Crippen LogP contribution in [0.5, 0.6) is 5.75 Å². The molecule has 0 heterocycles. The van der Waals surface area contributed by atoms with Crippen LogP contribution in [-0.2, 0) is 9.59 Å². The van der Waals surface area contributed by atoms with Crippen molar-refractivity contribution in [1.29, 1.82) is 0 Å². The summed E-state index contributed by atoms with van der Waals surface area (Å²) < 4.78 is 5.25. The number of amides is 3. The smallest absolute Gasteiger partial charge is 0.279 e. The fraction of sp³-hybridized carbons (Fsp3) is 0.318. The molecule has 0 aliphatic carbocycles. The summed E-state index contributed by atoms with van der Waals surface area (Å²) >= 11 is 0. The number of methoxy groups -OCH3 is 1. The van der Waals surface area contributed by atoms with Gasteiger partial charge in [0.15, 0.2) is 13.1 Å². The van der Waals surface area contributed by atoms with Crippen molar-refractivity contribution < 1.29 is 24.0 Å². The van der Waals surface area contributed by atoms with Crippen molar-refractivity contribution in [2.75, 3.05) is 44.4 Å². The maximum Gasteiger partial charge on any atom is 0.279 e. The van der Waals surface area contributed by atoms with Crippen LogP contribution in [0.3, 0.4) is 0 Å². The summed E-state index contributed by atoms with van der Waals surface area (Å²) in [6.45, 7) is 3.01. The number of hydrogen-bond acceptors (Lipinski definition) is 4. The Morgan fingerprint density at radius 3 is 2.17 bits per heavy atom. The summed E-state index contributed by atoms with van der Waals surface area (Å²) in [5, 5.41) is 8.20. The molecular formula is C22H29N4O4+. The van der Waals surface area contributed by atoms with Gasteiger partial charge in [-0.05, 0) is 42.8 Å². The maximum atomic E-state index is 12.5. The molecule has 0 spiro atoms. The third-order valence-corrected chi connectivity index (χ3v) is 4.46. The minimum atomic E-state index is -0.198. The lowest BCUT2D eigenvalue weighted by Gasteiger charge is -2.18. The zero-order valence-electron chi connectivity index (χ0n) is 17.6. The second-order valence-electron chi connectivity index (χ2n) is 6.81. The lowest BCUT2D eigenvalue weighted by Crippen LogP contribution is -3.14. The highest BCUT2D eigenvalue weighted by molar-refractivity contribution is 5.96. The predicted molar refractivity (Wildman–Crippen MR) is 116 cm³/mol. The summed E-state index contributed by atoms with van der Waals surface area (Å²) in [7, 11) is 3.11. The molecule has 0 saturated carbocycles. The Hall–Kier alpha value is -3.39. The van der Waals surface area contributed by atoms with E-state index < -0.39 is 0 Å². The molecule has 2 aromatic carbocycles. The van der Waals surface area contributed by atoms with Crippen LogP contribution in [0, 0.1) is 0 Å². The topological polar surface area (TPSA) is 101 Å². The molecule has 8 heteroatoms. The number of benzene rings is 2. The zero-order valence-corrected chi connectivity index (χ0v) is 17.6. The fourth-order valence-electron chi connectivity index (χ4n) is 3.04. The number of ether oxygens (including phenoxy) is 1. The van der Waals surface area contributed by atoms with Gasteiger partial charge in [-0.3, -0.25) is 14.4 Å². The monoisotopic (exact) mass is 413 g/mol. The number of hydrogen-bond donors (Lipinski definition) is 4. The fourth-order valence-corrected chi connectivity index (χ4v) is 3.04. The van der Waals surface area contributed by atoms with Crippen molar-refractivity contribution in [3.8, 4) is 5.75 Å². The van der Waals surface area contributed by atoms with Crippen LogP contribution in [0.1, 0.15) is 23.7 Å². The van der Waals surface area contributed by atoms with E-state index in [2.05, 4.69) is 16.0 Å². The molecule has 0 saturated heterocycles. The van der Waals surface area contributed by atoms with Gasteiger partial charge in [-0.1, -0.05) is 19.1 Å². The van der Waals surface area contributed by atoms with E-state index in [1.807, 2.05) is 19.1 Å². The molecular weight excluding hydrogens is 384 g/mol. The second-order valence-corrected chi connectivity index (χ2v) is 6.81. The summed E-state index contributed by atoms with van der Waals surface area (Å²) in [5.74, 6) is 0.00949. The summed E-state index contributed by atoms with van der Waals surface area (Å²) in [4.78, 5) is 37.4. The number of carbonyl (C=O) groups excluding carboxylic acids is 3. The quantitative estimate of drug-likeness (QED) is 0.465. The number of rotatable bonds is 10. The lowest BCUT2D eigenvalue weighted by atomic mass is 10.2. The van der Waals surface area contributed by atoms with Gasteiger partial charge in [-0.2, -0.15) is 0 Å². The Balaban J connectivity index is 1.93. The number of para-hydroxylation sites is 2. The minimum absolute atomic E-state index is 0.157. The Morgan fingerprint density at radius 2 is 1.57 bits per heavy atom. The van der Waals surface area contributed by atoms with Gasteiger partial charge in [0, 0.05) is 18.3 Å². The van der Waals surface area contributed by atoms with Crippen molar-refractivity contribution in [1.82, 2.24) is 5.32 Å². The first-order valence-electron chi connectivity index (χ1n) is 9.85. The van der Waals surface area contributed by atoms with Gasteiger partial charge in [0.25, 0.3) is 17.7 Å². The average Bonchev–Trinajstić information content (AvgIpc) is 2.74. The summed E-state index contributed by atoms with van der Waals surface area (Å²) in [6, 6.07) is 13.8. The number of carbonyl (C=O) groups is 3. The van der Waals surface area contributed by atoms with E-state index in [0.717, 1.165) is 11.3 Å². The van der Waals surface area contributed by atoms with E-state index in [4.69, 9.17) is 4.74 Å². The molecule has 8 nitrogen and oxygen atoms in total. The molecule has 2 aromatic rings. The van der Waals surface area contributed by atoms with E-state index in [1.54, 1.807) is 50.6 Å². The number of nitrogens with one attached hydrogen (secondary N) is 4. The molecule has 4 N–H and O–H groups in total. The number of anilines is 2. The average molecular weight is 413 g/mol. The van der Waals surface area contributed by atoms with E-state index in [9.17, 15) is 14.4 Å². The normalized spacial score (nSPS) is 11.3. The molecule has 0 aromatic heterocycles. The van der Waals surface area contributed by atoms with Crippen LogP contribution in [-0.4, -0.2) is 51.5 Å². The molecule has 0 aliphatic heterocycles. The molecule has 2 rings (SSSR count). The predicted octanol–water partition coefficient (Wildman–Crippen LogP) is 0.927. The van der Waals surface area contributed by atoms with Crippen LogP contribution in [0.2, 0.25) is 0 Å². The van der Waals surface area contributed by atoms with Gasteiger partial charge < -0.3 is 25.6 Å². The van der Waals surface area contributed by atoms with Crippen molar-refractivity contribution in [3.05, 3.63) is 54.1 Å². The lowest BCUT2D eigenvalue weighted by molar-refractivity contribution is -0.883. The summed E-state index contributed by atoms with van der Waals surface area (Å²) in [6.07, 6.45) is 0.839. The largest absolute Gasteiger partial charge is 0.495 e. The van der Waals surface area contributed by atoms with Crippen molar-refractivity contribution in [3.63, 3.8) is 0 Å². The third-order valence-electron chi connectivity index (χ3n) is 4.46. The maximum absolute atomic E-state index is 12.5. The first kappa shape index (κ1) is 22.9. The molecule has 0 radical (unpaired) electrons. The van der Waals surface area contributed by atoms with E-state index in [-0.39, 0.29) is 30.8 Å². The van der Waals surface area contributed by atoms with Crippen molar-refractivity contribution >= 4 is 29.1 Å². The number of quaternary nitrogens is 1.